The Morgan fingerprint density at radius 3 is 2.13 bits per heavy atom. The number of alkyl halides is 6. The number of hydrogen-bond donors (Lipinski definition) is 1. The number of halogens is 8. The summed E-state index contributed by atoms with van der Waals surface area (Å²) < 4.78 is 105. The van der Waals surface area contributed by atoms with Crippen LogP contribution in [-0.2, 0) is 15.7 Å². The molecule has 0 aliphatic carbocycles. The van der Waals surface area contributed by atoms with Gasteiger partial charge in [0.15, 0.2) is 5.60 Å². The van der Waals surface area contributed by atoms with Crippen LogP contribution in [0, 0.1) is 0 Å². The third-order valence-corrected chi connectivity index (χ3v) is 5.67. The molecule has 2 atom stereocenters. The molecule has 0 aliphatic rings. The van der Waals surface area contributed by atoms with E-state index in [1.807, 2.05) is 0 Å². The van der Waals surface area contributed by atoms with E-state index in [1.165, 1.54) is 0 Å². The summed E-state index contributed by atoms with van der Waals surface area (Å²) >= 11 is 11.5. The Hall–Kier alpha value is -1.76. The molecule has 14 heteroatoms. The normalized spacial score (nSPS) is 16.1. The predicted molar refractivity (Wildman–Crippen MR) is 94.7 cm³/mol. The summed E-state index contributed by atoms with van der Waals surface area (Å²) in [4.78, 5) is 3.55. The van der Waals surface area contributed by atoms with E-state index < -0.39 is 49.7 Å². The molecule has 1 aromatic heterocycles. The molecule has 166 valence electrons. The molecule has 0 saturated carbocycles. The van der Waals surface area contributed by atoms with Crippen LogP contribution in [0.5, 0.6) is 5.75 Å². The lowest BCUT2D eigenvalue weighted by atomic mass is 9.78. The zero-order chi connectivity index (χ0) is 23.1. The fraction of sp³-hybridized carbons (Fsp3) is 0.312. The van der Waals surface area contributed by atoms with Gasteiger partial charge in [-0.05, 0) is 29.3 Å². The Balaban J connectivity index is 2.51. The van der Waals surface area contributed by atoms with Gasteiger partial charge in [-0.1, -0.05) is 36.2 Å². The number of aliphatic hydroxyl groups is 1. The molecule has 1 heterocycles. The molecule has 0 fully saturated rings. The Bertz CT molecular complexity index is 1040. The lowest BCUT2D eigenvalue weighted by Crippen LogP contribution is -2.46. The average molecular weight is 498 g/mol. The van der Waals surface area contributed by atoms with Crippen molar-refractivity contribution in [1.29, 1.82) is 0 Å². The fourth-order valence-electron chi connectivity index (χ4n) is 2.61. The molecule has 1 N–H and O–H groups in total. The summed E-state index contributed by atoms with van der Waals surface area (Å²) in [7, 11) is -6.01. The minimum absolute atomic E-state index is 0.324. The van der Waals surface area contributed by atoms with Crippen molar-refractivity contribution in [3.05, 3.63) is 57.8 Å². The molecule has 2 unspecified atom stereocenters. The van der Waals surface area contributed by atoms with Gasteiger partial charge in [-0.3, -0.25) is 0 Å². The lowest BCUT2D eigenvalue weighted by Gasteiger charge is -2.37. The number of pyridine rings is 1. The number of benzene rings is 1. The maximum atomic E-state index is 13.8. The van der Waals surface area contributed by atoms with Crippen LogP contribution in [-0.4, -0.2) is 30.2 Å². The molecule has 0 amide bonds. The van der Waals surface area contributed by atoms with Crippen LogP contribution < -0.4 is 4.18 Å². The Morgan fingerprint density at radius 1 is 1.07 bits per heavy atom. The molecule has 2 rings (SSSR count). The maximum Gasteiger partial charge on any atom is 0.534 e. The van der Waals surface area contributed by atoms with Gasteiger partial charge in [-0.2, -0.15) is 34.8 Å². The van der Waals surface area contributed by atoms with Crippen LogP contribution in [0.25, 0.3) is 0 Å². The maximum absolute atomic E-state index is 13.8. The van der Waals surface area contributed by atoms with Crippen LogP contribution in [0.1, 0.15) is 24.0 Å². The van der Waals surface area contributed by atoms with Crippen molar-refractivity contribution in [3.8, 4) is 5.75 Å². The number of aromatic nitrogens is 1. The van der Waals surface area contributed by atoms with Gasteiger partial charge in [0.25, 0.3) is 0 Å². The van der Waals surface area contributed by atoms with E-state index in [1.54, 1.807) is 0 Å². The zero-order valence-electron chi connectivity index (χ0n) is 14.6. The summed E-state index contributed by atoms with van der Waals surface area (Å²) in [6.07, 6.45) is -4.28. The molecular weight excluding hydrogens is 487 g/mol. The van der Waals surface area contributed by atoms with Gasteiger partial charge in [-0.15, -0.1) is 0 Å². The van der Waals surface area contributed by atoms with Gasteiger partial charge in [0.2, 0.25) is 0 Å². The molecule has 0 aliphatic heterocycles. The van der Waals surface area contributed by atoms with Gasteiger partial charge >= 0.3 is 21.8 Å². The minimum atomic E-state index is -6.01. The number of hydrogen-bond acceptors (Lipinski definition) is 5. The van der Waals surface area contributed by atoms with E-state index in [9.17, 15) is 39.9 Å². The van der Waals surface area contributed by atoms with Crippen molar-refractivity contribution in [2.75, 3.05) is 0 Å². The van der Waals surface area contributed by atoms with E-state index in [0.717, 1.165) is 31.3 Å². The first kappa shape index (κ1) is 24.5. The van der Waals surface area contributed by atoms with Gasteiger partial charge < -0.3 is 9.29 Å². The first-order valence-corrected chi connectivity index (χ1v) is 9.88. The summed E-state index contributed by atoms with van der Waals surface area (Å²) in [5.41, 5.74) is -10.2. The van der Waals surface area contributed by atoms with E-state index in [-0.39, 0.29) is 10.7 Å². The Morgan fingerprint density at radius 2 is 1.67 bits per heavy atom. The lowest BCUT2D eigenvalue weighted by molar-refractivity contribution is -0.274. The first-order chi connectivity index (χ1) is 13.5. The summed E-state index contributed by atoms with van der Waals surface area (Å²) in [5.74, 6) is -2.67. The van der Waals surface area contributed by atoms with Crippen molar-refractivity contribution in [1.82, 2.24) is 4.98 Å². The summed E-state index contributed by atoms with van der Waals surface area (Å²) in [6, 6.07) is 3.77. The van der Waals surface area contributed by atoms with Crippen LogP contribution in [0.15, 0.2) is 36.5 Å². The third-order valence-electron chi connectivity index (χ3n) is 4.15. The molecule has 2 aromatic rings. The first-order valence-electron chi connectivity index (χ1n) is 7.72. The highest BCUT2D eigenvalue weighted by Crippen LogP contribution is 2.50. The largest absolute Gasteiger partial charge is 0.534 e. The van der Waals surface area contributed by atoms with Crippen molar-refractivity contribution in [3.63, 3.8) is 0 Å². The Labute approximate surface area is 176 Å². The summed E-state index contributed by atoms with van der Waals surface area (Å²) in [5, 5.41) is 9.71. The van der Waals surface area contributed by atoms with Crippen LogP contribution in [0.4, 0.5) is 26.3 Å². The number of rotatable bonds is 5. The van der Waals surface area contributed by atoms with Gasteiger partial charge in [0, 0.05) is 23.2 Å². The smallest absolute Gasteiger partial charge is 0.376 e. The van der Waals surface area contributed by atoms with Crippen molar-refractivity contribution >= 4 is 33.3 Å². The second kappa shape index (κ2) is 8.06. The molecular formula is C16H11Cl2F6NO4S. The van der Waals surface area contributed by atoms with Crippen LogP contribution in [0.3, 0.4) is 0 Å². The SMILES string of the molecule is CC(c1ccc(OS(=O)(=O)C(F)(F)F)cc1Cl)C(O)(c1ccnc(Cl)c1)C(F)(F)F. The second-order valence-electron chi connectivity index (χ2n) is 6.02. The topological polar surface area (TPSA) is 76.5 Å². The molecule has 30 heavy (non-hydrogen) atoms. The van der Waals surface area contributed by atoms with E-state index >= 15 is 0 Å². The minimum Gasteiger partial charge on any atom is -0.376 e. The third kappa shape index (κ3) is 4.61. The molecule has 5 nitrogen and oxygen atoms in total. The molecule has 0 saturated heterocycles. The highest BCUT2D eigenvalue weighted by Gasteiger charge is 2.59. The van der Waals surface area contributed by atoms with Crippen molar-refractivity contribution in [2.24, 2.45) is 0 Å². The van der Waals surface area contributed by atoms with Crippen molar-refractivity contribution < 1.29 is 44.0 Å². The second-order valence-corrected chi connectivity index (χ2v) is 8.35. The van der Waals surface area contributed by atoms with Crippen LogP contribution in [0.2, 0.25) is 10.2 Å². The standard InChI is InChI=1S/C16H11Cl2F6NO4S/c1-8(14(26,15(19,20)21)9-4-5-25-13(18)6-9)11-3-2-10(7-12(11)17)29-30(27,28)16(22,23)24/h2-8,26H,1H3. The fourth-order valence-corrected chi connectivity index (χ4v) is 3.57. The average Bonchev–Trinajstić information content (AvgIpc) is 2.58. The molecule has 0 bridgehead atoms. The van der Waals surface area contributed by atoms with E-state index in [2.05, 4.69) is 9.17 Å². The highest BCUT2D eigenvalue weighted by molar-refractivity contribution is 7.88. The molecule has 0 spiro atoms. The molecule has 1 aromatic carbocycles. The van der Waals surface area contributed by atoms with E-state index in [4.69, 9.17) is 23.2 Å². The van der Waals surface area contributed by atoms with Gasteiger partial charge in [-0.25, -0.2) is 4.98 Å². The summed E-state index contributed by atoms with van der Waals surface area (Å²) in [6.45, 7) is 0.968. The van der Waals surface area contributed by atoms with Gasteiger partial charge in [0.05, 0.1) is 0 Å². The quantitative estimate of drug-likeness (QED) is 0.267. The zero-order valence-corrected chi connectivity index (χ0v) is 16.9. The highest BCUT2D eigenvalue weighted by atomic mass is 35.5. The van der Waals surface area contributed by atoms with Crippen molar-refractivity contribution in [2.45, 2.75) is 30.1 Å². The Kier molecular flexibility index (Phi) is 6.58. The van der Waals surface area contributed by atoms with E-state index in [0.29, 0.717) is 12.1 Å². The monoisotopic (exact) mass is 497 g/mol. The molecule has 0 radical (unpaired) electrons. The number of nitrogens with zero attached hydrogens (tertiary/aromatic N) is 1. The predicted octanol–water partition coefficient (Wildman–Crippen LogP) is 5.17. The van der Waals surface area contributed by atoms with Crippen LogP contribution >= 0.6 is 23.2 Å². The van der Waals surface area contributed by atoms with Gasteiger partial charge in [0.1, 0.15) is 10.9 Å².